The summed E-state index contributed by atoms with van der Waals surface area (Å²) in [6.45, 7) is 1.80. The average Bonchev–Trinajstić information content (AvgIpc) is 3.59. The number of benzene rings is 3. The lowest BCUT2D eigenvalue weighted by Crippen LogP contribution is -2.30. The molecule has 12 heteroatoms. The molecule has 0 unspecified atom stereocenters. The summed E-state index contributed by atoms with van der Waals surface area (Å²) in [7, 11) is 4.47. The molecule has 0 bridgehead atoms. The van der Waals surface area contributed by atoms with Crippen LogP contribution in [0.2, 0.25) is 4.34 Å². The van der Waals surface area contributed by atoms with Crippen LogP contribution < -0.4 is 19.1 Å². The Morgan fingerprint density at radius 3 is 2.00 bits per heavy atom. The first-order valence-electron chi connectivity index (χ1n) is 16.1. The minimum Gasteiger partial charge on any atom is -0.497 e. The third-order valence-electron chi connectivity index (χ3n) is 8.66. The highest BCUT2D eigenvalue weighted by atomic mass is 35.5. The smallest absolute Gasteiger partial charge is 0.337 e. The third kappa shape index (κ3) is 9.11. The number of hydrogen-bond acceptors (Lipinski definition) is 10. The van der Waals surface area contributed by atoms with Gasteiger partial charge in [-0.25, -0.2) is 4.79 Å². The number of ketones is 1. The molecule has 1 aliphatic rings. The summed E-state index contributed by atoms with van der Waals surface area (Å²) < 4.78 is 22.0. The van der Waals surface area contributed by atoms with E-state index in [1.165, 1.54) is 36.5 Å². The first-order chi connectivity index (χ1) is 24.5. The van der Waals surface area contributed by atoms with E-state index in [1.54, 1.807) is 92.8 Å². The summed E-state index contributed by atoms with van der Waals surface area (Å²) in [6.07, 6.45) is 4.74. The highest BCUT2D eigenvalue weighted by molar-refractivity contribution is 7.18. The molecule has 0 saturated heterocycles. The molecule has 1 fully saturated rings. The maximum Gasteiger partial charge on any atom is 0.337 e. The van der Waals surface area contributed by atoms with Gasteiger partial charge in [0.2, 0.25) is 0 Å². The zero-order chi connectivity index (χ0) is 36.7. The Kier molecular flexibility index (Phi) is 12.1. The van der Waals surface area contributed by atoms with Gasteiger partial charge in [0.15, 0.2) is 5.78 Å². The molecule has 0 radical (unpaired) electrons. The largest absolute Gasteiger partial charge is 0.497 e. The number of allylic oxidation sites excluding steroid dienone is 1. The van der Waals surface area contributed by atoms with Crippen LogP contribution in [0.4, 0.5) is 5.69 Å². The number of hydrogen-bond donors (Lipinski definition) is 0. The molecule has 3 aromatic carbocycles. The number of aryl methyl sites for hydroxylation is 1. The fourth-order valence-corrected chi connectivity index (χ4v) is 6.74. The number of methoxy groups -OCH3 is 2. The van der Waals surface area contributed by atoms with Crippen molar-refractivity contribution in [1.29, 1.82) is 0 Å². The quantitative estimate of drug-likeness (QED) is 0.0654. The monoisotopic (exact) mass is 729 g/mol. The van der Waals surface area contributed by atoms with Gasteiger partial charge in [-0.15, -0.1) is 11.3 Å². The Morgan fingerprint density at radius 1 is 0.784 bits per heavy atom. The second-order valence-electron chi connectivity index (χ2n) is 12.0. The topological polar surface area (TPSA) is 126 Å². The highest BCUT2D eigenvalue weighted by Crippen LogP contribution is 2.33. The molecule has 51 heavy (non-hydrogen) atoms. The second-order valence-corrected chi connectivity index (χ2v) is 13.7. The van der Waals surface area contributed by atoms with Crippen molar-refractivity contribution in [1.82, 2.24) is 0 Å². The number of carbonyl (C=O) groups is 5. The number of esters is 3. The molecule has 0 N–H and O–H groups in total. The van der Waals surface area contributed by atoms with Crippen molar-refractivity contribution in [3.63, 3.8) is 0 Å². The van der Waals surface area contributed by atoms with E-state index in [4.69, 9.17) is 30.5 Å². The predicted octanol–water partition coefficient (Wildman–Crippen LogP) is 8.00. The highest BCUT2D eigenvalue weighted by Gasteiger charge is 2.32. The van der Waals surface area contributed by atoms with Gasteiger partial charge in [-0.2, -0.15) is 0 Å². The van der Waals surface area contributed by atoms with Crippen LogP contribution in [0.5, 0.6) is 17.2 Å². The molecule has 1 aliphatic carbocycles. The summed E-state index contributed by atoms with van der Waals surface area (Å²) in [5, 5.41) is 0. The van der Waals surface area contributed by atoms with E-state index >= 15 is 0 Å². The van der Waals surface area contributed by atoms with Crippen LogP contribution in [-0.4, -0.2) is 50.9 Å². The van der Waals surface area contributed by atoms with E-state index < -0.39 is 29.7 Å². The van der Waals surface area contributed by atoms with Crippen molar-refractivity contribution in [2.75, 3.05) is 26.2 Å². The van der Waals surface area contributed by atoms with Gasteiger partial charge < -0.3 is 23.8 Å². The number of thiophene rings is 1. The van der Waals surface area contributed by atoms with Crippen LogP contribution in [0.25, 0.3) is 6.08 Å². The van der Waals surface area contributed by atoms with Crippen molar-refractivity contribution in [3.05, 3.63) is 110 Å². The van der Waals surface area contributed by atoms with Crippen molar-refractivity contribution < 1.29 is 42.9 Å². The minimum absolute atomic E-state index is 0.231. The van der Waals surface area contributed by atoms with Crippen LogP contribution in [0, 0.1) is 18.8 Å². The molecule has 1 heterocycles. The number of amides is 1. The lowest BCUT2D eigenvalue weighted by atomic mass is 9.82. The van der Waals surface area contributed by atoms with Crippen molar-refractivity contribution >= 4 is 64.3 Å². The van der Waals surface area contributed by atoms with Gasteiger partial charge in [-0.05, 0) is 123 Å². The maximum atomic E-state index is 13.2. The Hall–Kier alpha value is -5.26. The molecule has 10 nitrogen and oxygen atoms in total. The number of carbonyl (C=O) groups excluding carboxylic acids is 5. The van der Waals surface area contributed by atoms with Gasteiger partial charge in [0.05, 0.1) is 40.8 Å². The maximum absolute atomic E-state index is 13.2. The summed E-state index contributed by atoms with van der Waals surface area (Å²) in [6, 6.07) is 19.5. The average molecular weight is 730 g/mol. The first-order valence-corrected chi connectivity index (χ1v) is 17.3. The van der Waals surface area contributed by atoms with Gasteiger partial charge in [0, 0.05) is 23.9 Å². The third-order valence-corrected chi connectivity index (χ3v) is 9.90. The van der Waals surface area contributed by atoms with E-state index in [9.17, 15) is 24.0 Å². The Balaban J connectivity index is 1.14. The van der Waals surface area contributed by atoms with Gasteiger partial charge in [-0.3, -0.25) is 19.2 Å². The molecule has 0 spiro atoms. The fourth-order valence-electron chi connectivity index (χ4n) is 5.77. The molecule has 5 rings (SSSR count). The van der Waals surface area contributed by atoms with Crippen LogP contribution >= 0.6 is 22.9 Å². The molecule has 1 saturated carbocycles. The first kappa shape index (κ1) is 37.0. The fraction of sp³-hybridized carbons (Fsp3) is 0.256. The Morgan fingerprint density at radius 2 is 1.41 bits per heavy atom. The summed E-state index contributed by atoms with van der Waals surface area (Å²) in [5.74, 6) is -1.47. The summed E-state index contributed by atoms with van der Waals surface area (Å²) >= 11 is 7.13. The standard InChI is InChI=1S/C39H36ClNO9S/c1-23-21-28(37(44)48-4)11-16-31(23)41(2)36(43)24-9-13-29(14-10-24)49-38(45)25-5-7-26(8-6-25)39(46)50-33-18-15-30(47-3)22-27(33)12-17-32(42)34-19-20-35(40)51-34/h9-22,25-26H,5-8H2,1-4H3/b17-12+. The van der Waals surface area contributed by atoms with Crippen molar-refractivity contribution in [2.24, 2.45) is 11.8 Å². The van der Waals surface area contributed by atoms with E-state index in [0.29, 0.717) is 68.8 Å². The molecule has 4 aromatic rings. The number of rotatable bonds is 11. The Labute approximate surface area is 304 Å². The van der Waals surface area contributed by atoms with Gasteiger partial charge in [-0.1, -0.05) is 11.6 Å². The number of ether oxygens (including phenoxy) is 4. The van der Waals surface area contributed by atoms with Crippen LogP contribution in [-0.2, 0) is 14.3 Å². The van der Waals surface area contributed by atoms with Crippen LogP contribution in [0.1, 0.15) is 67.2 Å². The lowest BCUT2D eigenvalue weighted by molar-refractivity contribution is -0.145. The van der Waals surface area contributed by atoms with E-state index in [-0.39, 0.29) is 17.4 Å². The lowest BCUT2D eigenvalue weighted by Gasteiger charge is -2.26. The van der Waals surface area contributed by atoms with Gasteiger partial charge in [0.25, 0.3) is 5.91 Å². The van der Waals surface area contributed by atoms with E-state index in [0.717, 1.165) is 5.56 Å². The normalized spacial score (nSPS) is 15.5. The second kappa shape index (κ2) is 16.6. The SMILES string of the molecule is COC(=O)c1ccc(N(C)C(=O)c2ccc(OC(=O)C3CCC(C(=O)Oc4ccc(OC)cc4/C=C/C(=O)c4ccc(Cl)s4)CC3)cc2)c(C)c1. The predicted molar refractivity (Wildman–Crippen MR) is 194 cm³/mol. The number of halogens is 1. The number of anilines is 1. The van der Waals surface area contributed by atoms with Crippen LogP contribution in [0.3, 0.4) is 0 Å². The zero-order valence-electron chi connectivity index (χ0n) is 28.5. The minimum atomic E-state index is -0.459. The molecule has 1 aromatic heterocycles. The number of nitrogens with zero attached hydrogens (tertiary/aromatic N) is 1. The van der Waals surface area contributed by atoms with E-state index in [2.05, 4.69) is 0 Å². The van der Waals surface area contributed by atoms with Gasteiger partial charge in [0.1, 0.15) is 17.2 Å². The van der Waals surface area contributed by atoms with Crippen molar-refractivity contribution in [2.45, 2.75) is 32.6 Å². The van der Waals surface area contributed by atoms with Crippen molar-refractivity contribution in [3.8, 4) is 17.2 Å². The summed E-state index contributed by atoms with van der Waals surface area (Å²) in [4.78, 5) is 65.8. The molecule has 264 valence electrons. The van der Waals surface area contributed by atoms with E-state index in [1.807, 2.05) is 0 Å². The van der Waals surface area contributed by atoms with Crippen LogP contribution in [0.15, 0.2) is 78.9 Å². The summed E-state index contributed by atoms with van der Waals surface area (Å²) in [5.41, 5.74) is 2.65. The molecular weight excluding hydrogens is 694 g/mol. The molecule has 0 aliphatic heterocycles. The Bertz CT molecular complexity index is 1980. The van der Waals surface area contributed by atoms with Gasteiger partial charge >= 0.3 is 17.9 Å². The molecular formula is C39H36ClNO9S. The molecule has 1 amide bonds. The zero-order valence-corrected chi connectivity index (χ0v) is 30.0. The molecule has 0 atom stereocenters.